The number of carbonyl (C=O) groups excluding carboxylic acids is 3. The highest BCUT2D eigenvalue weighted by Crippen LogP contribution is 2.20. The van der Waals surface area contributed by atoms with Gasteiger partial charge in [-0.25, -0.2) is 4.79 Å². The summed E-state index contributed by atoms with van der Waals surface area (Å²) in [6.07, 6.45) is 0. The largest absolute Gasteiger partial charge is 0.494 e. The minimum atomic E-state index is -0.888. The number of carbonyl (C=O) groups is 3. The summed E-state index contributed by atoms with van der Waals surface area (Å²) >= 11 is 3.37. The first-order valence-electron chi connectivity index (χ1n) is 9.97. The molecule has 2 aromatic carbocycles. The van der Waals surface area contributed by atoms with Gasteiger partial charge >= 0.3 is 5.97 Å². The Morgan fingerprint density at radius 2 is 1.74 bits per heavy atom. The van der Waals surface area contributed by atoms with Crippen molar-refractivity contribution >= 4 is 39.4 Å². The van der Waals surface area contributed by atoms with E-state index in [4.69, 9.17) is 9.47 Å². The van der Waals surface area contributed by atoms with Crippen molar-refractivity contribution in [3.8, 4) is 5.75 Å². The molecule has 2 amide bonds. The average Bonchev–Trinajstić information content (AvgIpc) is 2.72. The summed E-state index contributed by atoms with van der Waals surface area (Å²) in [6, 6.07) is 11.2. The second-order valence-electron chi connectivity index (χ2n) is 7.27. The molecule has 0 fully saturated rings. The molecule has 8 heteroatoms. The molecule has 2 aromatic rings. The van der Waals surface area contributed by atoms with Crippen LogP contribution in [0.2, 0.25) is 0 Å². The van der Waals surface area contributed by atoms with Gasteiger partial charge in [-0.15, -0.1) is 0 Å². The molecule has 0 aliphatic rings. The number of ether oxygens (including phenoxy) is 2. The van der Waals surface area contributed by atoms with Crippen LogP contribution in [0.1, 0.15) is 36.7 Å². The number of rotatable bonds is 9. The average molecular weight is 491 g/mol. The van der Waals surface area contributed by atoms with Gasteiger partial charge in [0.1, 0.15) is 11.8 Å². The Morgan fingerprint density at radius 3 is 2.32 bits per heavy atom. The fourth-order valence-electron chi connectivity index (χ4n) is 2.77. The van der Waals surface area contributed by atoms with Crippen molar-refractivity contribution < 1.29 is 23.9 Å². The number of aryl methyl sites for hydroxylation is 1. The molecule has 0 saturated heterocycles. The minimum Gasteiger partial charge on any atom is -0.494 e. The summed E-state index contributed by atoms with van der Waals surface area (Å²) in [4.78, 5) is 37.2. The van der Waals surface area contributed by atoms with E-state index in [9.17, 15) is 14.4 Å². The molecule has 0 heterocycles. The fraction of sp³-hybridized carbons (Fsp3) is 0.348. The molecule has 31 heavy (non-hydrogen) atoms. The molecule has 166 valence electrons. The van der Waals surface area contributed by atoms with Crippen LogP contribution < -0.4 is 15.4 Å². The van der Waals surface area contributed by atoms with Crippen LogP contribution in [0, 0.1) is 12.8 Å². The molecule has 0 unspecified atom stereocenters. The van der Waals surface area contributed by atoms with E-state index in [1.165, 1.54) is 0 Å². The Morgan fingerprint density at radius 1 is 1.06 bits per heavy atom. The zero-order valence-corrected chi connectivity index (χ0v) is 19.6. The van der Waals surface area contributed by atoms with Gasteiger partial charge in [-0.3, -0.25) is 9.59 Å². The Balaban J connectivity index is 1.93. The predicted octanol–water partition coefficient (Wildman–Crippen LogP) is 4.09. The lowest BCUT2D eigenvalue weighted by atomic mass is 10.0. The molecule has 0 aliphatic heterocycles. The molecular weight excluding hydrogens is 464 g/mol. The lowest BCUT2D eigenvalue weighted by Crippen LogP contribution is -2.45. The van der Waals surface area contributed by atoms with E-state index >= 15 is 0 Å². The maximum absolute atomic E-state index is 12.5. The van der Waals surface area contributed by atoms with Crippen molar-refractivity contribution in [3.63, 3.8) is 0 Å². The van der Waals surface area contributed by atoms with Crippen molar-refractivity contribution in [2.45, 2.75) is 33.7 Å². The lowest BCUT2D eigenvalue weighted by molar-refractivity contribution is -0.150. The third kappa shape index (κ3) is 7.40. The van der Waals surface area contributed by atoms with Crippen LogP contribution in [-0.2, 0) is 14.3 Å². The van der Waals surface area contributed by atoms with E-state index in [0.29, 0.717) is 23.6 Å². The first-order valence-corrected chi connectivity index (χ1v) is 10.8. The summed E-state index contributed by atoms with van der Waals surface area (Å²) < 4.78 is 11.4. The molecule has 0 aliphatic carbocycles. The van der Waals surface area contributed by atoms with E-state index in [-0.39, 0.29) is 5.92 Å². The van der Waals surface area contributed by atoms with E-state index in [1.807, 2.05) is 19.9 Å². The lowest BCUT2D eigenvalue weighted by Gasteiger charge is -2.21. The van der Waals surface area contributed by atoms with Crippen LogP contribution in [0.5, 0.6) is 5.75 Å². The zero-order valence-electron chi connectivity index (χ0n) is 18.0. The monoisotopic (exact) mass is 490 g/mol. The second-order valence-corrected chi connectivity index (χ2v) is 8.18. The maximum Gasteiger partial charge on any atom is 0.329 e. The van der Waals surface area contributed by atoms with Gasteiger partial charge in [-0.05, 0) is 67.8 Å². The van der Waals surface area contributed by atoms with E-state index in [2.05, 4.69) is 26.6 Å². The molecule has 0 bridgehead atoms. The quantitative estimate of drug-likeness (QED) is 0.516. The molecule has 2 rings (SSSR count). The van der Waals surface area contributed by atoms with Crippen molar-refractivity contribution in [1.29, 1.82) is 0 Å². The number of amides is 2. The molecule has 0 radical (unpaired) electrons. The van der Waals surface area contributed by atoms with Crippen molar-refractivity contribution in [2.24, 2.45) is 5.92 Å². The number of anilines is 1. The topological polar surface area (TPSA) is 93.7 Å². The Labute approximate surface area is 190 Å². The molecule has 1 atom stereocenters. The van der Waals surface area contributed by atoms with E-state index in [1.54, 1.807) is 50.2 Å². The van der Waals surface area contributed by atoms with E-state index < -0.39 is 30.4 Å². The maximum atomic E-state index is 12.5. The van der Waals surface area contributed by atoms with Crippen molar-refractivity contribution in [2.75, 3.05) is 18.5 Å². The highest BCUT2D eigenvalue weighted by Gasteiger charge is 2.27. The molecule has 7 nitrogen and oxygen atoms in total. The number of esters is 1. The van der Waals surface area contributed by atoms with Gasteiger partial charge < -0.3 is 20.1 Å². The number of hydrogen-bond donors (Lipinski definition) is 2. The highest BCUT2D eigenvalue weighted by atomic mass is 79.9. The van der Waals surface area contributed by atoms with Crippen LogP contribution in [-0.4, -0.2) is 37.0 Å². The van der Waals surface area contributed by atoms with Crippen molar-refractivity contribution in [3.05, 3.63) is 58.1 Å². The number of halogens is 1. The summed E-state index contributed by atoms with van der Waals surface area (Å²) in [6.45, 7) is 7.39. The van der Waals surface area contributed by atoms with Gasteiger partial charge in [-0.1, -0.05) is 29.8 Å². The van der Waals surface area contributed by atoms with Gasteiger partial charge in [0.2, 0.25) is 0 Å². The van der Waals surface area contributed by atoms with E-state index in [0.717, 1.165) is 10.0 Å². The predicted molar refractivity (Wildman–Crippen MR) is 122 cm³/mol. The van der Waals surface area contributed by atoms with Crippen molar-refractivity contribution in [1.82, 2.24) is 5.32 Å². The van der Waals surface area contributed by atoms with Crippen LogP contribution in [0.4, 0.5) is 5.69 Å². The summed E-state index contributed by atoms with van der Waals surface area (Å²) in [5.74, 6) is -1.11. The smallest absolute Gasteiger partial charge is 0.329 e. The van der Waals surface area contributed by atoms with Crippen LogP contribution in [0.15, 0.2) is 46.9 Å². The van der Waals surface area contributed by atoms with Gasteiger partial charge in [0, 0.05) is 15.7 Å². The molecule has 0 spiro atoms. The van der Waals surface area contributed by atoms with Crippen LogP contribution in [0.25, 0.3) is 0 Å². The second kappa shape index (κ2) is 11.5. The summed E-state index contributed by atoms with van der Waals surface area (Å²) in [5, 5.41) is 5.39. The van der Waals surface area contributed by atoms with Gasteiger partial charge in [-0.2, -0.15) is 0 Å². The molecule has 0 aromatic heterocycles. The molecule has 2 N–H and O–H groups in total. The third-order valence-corrected chi connectivity index (χ3v) is 4.94. The zero-order chi connectivity index (χ0) is 23.0. The number of benzene rings is 2. The Bertz CT molecular complexity index is 928. The molecular formula is C23H27BrN2O5. The minimum absolute atomic E-state index is 0.226. The van der Waals surface area contributed by atoms with Gasteiger partial charge in [0.15, 0.2) is 6.61 Å². The SMILES string of the molecule is CCOc1ccc(C(=O)N[C@H](C(=O)OCC(=O)Nc2ccc(Br)cc2C)C(C)C)cc1. The first-order chi connectivity index (χ1) is 14.7. The van der Waals surface area contributed by atoms with Crippen LogP contribution >= 0.6 is 15.9 Å². The summed E-state index contributed by atoms with van der Waals surface area (Å²) in [5.41, 5.74) is 1.90. The van der Waals surface area contributed by atoms with Gasteiger partial charge in [0.25, 0.3) is 11.8 Å². The summed E-state index contributed by atoms with van der Waals surface area (Å²) in [7, 11) is 0. The standard InChI is InChI=1S/C23H27BrN2O5/c1-5-30-18-9-6-16(7-10-18)22(28)26-21(14(2)3)23(29)31-13-20(27)25-19-11-8-17(24)12-15(19)4/h6-12,14,21H,5,13H2,1-4H3,(H,25,27)(H,26,28)/t21-/m0/s1. The third-order valence-electron chi connectivity index (χ3n) is 4.44. The Kier molecular flexibility index (Phi) is 9.05. The number of nitrogens with one attached hydrogen (secondary N) is 2. The molecule has 0 saturated carbocycles. The van der Waals surface area contributed by atoms with Crippen LogP contribution in [0.3, 0.4) is 0 Å². The Hall–Kier alpha value is -2.87. The first kappa shape index (κ1) is 24.4. The van der Waals surface area contributed by atoms with Gasteiger partial charge in [0.05, 0.1) is 6.61 Å². The normalized spacial score (nSPS) is 11.5. The fourth-order valence-corrected chi connectivity index (χ4v) is 3.25. The highest BCUT2D eigenvalue weighted by molar-refractivity contribution is 9.10. The number of hydrogen-bond acceptors (Lipinski definition) is 5.